The van der Waals surface area contributed by atoms with Gasteiger partial charge in [-0.15, -0.1) is 0 Å². The summed E-state index contributed by atoms with van der Waals surface area (Å²) in [4.78, 5) is 1.51. The Bertz CT molecular complexity index is 804. The third-order valence-electron chi connectivity index (χ3n) is 4.28. The van der Waals surface area contributed by atoms with Crippen molar-refractivity contribution in [3.63, 3.8) is 0 Å². The van der Waals surface area contributed by atoms with Crippen LogP contribution in [-0.4, -0.2) is 38.9 Å². The Morgan fingerprint density at radius 3 is 2.29 bits per heavy atom. The Kier molecular flexibility index (Phi) is 5.34. The van der Waals surface area contributed by atoms with Crippen LogP contribution in [0, 0.1) is 5.82 Å². The van der Waals surface area contributed by atoms with Gasteiger partial charge in [0.2, 0.25) is 10.0 Å². The Labute approximate surface area is 150 Å². The molecule has 0 unspecified atom stereocenters. The van der Waals surface area contributed by atoms with E-state index < -0.39 is 10.0 Å². The molecule has 3 rings (SSSR count). The first-order chi connectivity index (χ1) is 11.5. The van der Waals surface area contributed by atoms with Gasteiger partial charge in [-0.05, 0) is 30.3 Å². The zero-order chi connectivity index (χ0) is 17.2. The third kappa shape index (κ3) is 3.85. The van der Waals surface area contributed by atoms with Crippen molar-refractivity contribution in [1.29, 1.82) is 0 Å². The van der Waals surface area contributed by atoms with Crippen LogP contribution < -0.4 is 4.90 Å². The zero-order valence-electron chi connectivity index (χ0n) is 13.1. The van der Waals surface area contributed by atoms with Gasteiger partial charge in [0.1, 0.15) is 12.4 Å². The number of piperazine rings is 1. The molecule has 4 nitrogen and oxygen atoms in total. The van der Waals surface area contributed by atoms with E-state index in [1.54, 1.807) is 36.4 Å². The lowest BCUT2D eigenvalue weighted by Crippen LogP contribution is -3.13. The predicted octanol–water partition coefficient (Wildman–Crippen LogP) is 1.68. The Hall–Kier alpha value is -1.28. The van der Waals surface area contributed by atoms with Gasteiger partial charge in [-0.2, -0.15) is 4.31 Å². The van der Waals surface area contributed by atoms with E-state index in [2.05, 4.69) is 15.9 Å². The van der Waals surface area contributed by atoms with Gasteiger partial charge < -0.3 is 4.90 Å². The van der Waals surface area contributed by atoms with Crippen LogP contribution in [-0.2, 0) is 16.6 Å². The molecule has 1 fully saturated rings. The normalized spacial score (nSPS) is 17.1. The standard InChI is InChI=1S/C17H18BrFN2O2S/c18-15-5-7-16(8-6-15)24(22,23)21-11-9-20(10-12-21)13-14-3-1-2-4-17(14)19/h1-8H,9-13H2/p+1. The van der Waals surface area contributed by atoms with Crippen molar-refractivity contribution < 1.29 is 17.7 Å². The summed E-state index contributed by atoms with van der Waals surface area (Å²) in [7, 11) is -3.46. The van der Waals surface area contributed by atoms with Crippen LogP contribution in [0.3, 0.4) is 0 Å². The quantitative estimate of drug-likeness (QED) is 0.828. The fourth-order valence-corrected chi connectivity index (χ4v) is 4.59. The molecule has 0 amide bonds. The van der Waals surface area contributed by atoms with Crippen molar-refractivity contribution in [2.75, 3.05) is 26.2 Å². The number of nitrogens with one attached hydrogen (secondary N) is 1. The van der Waals surface area contributed by atoms with Crippen molar-refractivity contribution in [3.05, 3.63) is 64.4 Å². The molecule has 0 aromatic heterocycles. The second-order valence-electron chi connectivity index (χ2n) is 5.88. The molecule has 24 heavy (non-hydrogen) atoms. The number of halogens is 2. The maximum absolute atomic E-state index is 13.7. The molecule has 7 heteroatoms. The first-order valence-corrected chi connectivity index (χ1v) is 10.0. The van der Waals surface area contributed by atoms with Gasteiger partial charge in [0.05, 0.1) is 31.1 Å². The fourth-order valence-electron chi connectivity index (χ4n) is 2.89. The SMILES string of the molecule is O=S(=O)(c1ccc(Br)cc1)N1CC[NH+](Cc2ccccc2F)CC1. The second-order valence-corrected chi connectivity index (χ2v) is 8.73. The summed E-state index contributed by atoms with van der Waals surface area (Å²) in [6, 6.07) is 13.4. The summed E-state index contributed by atoms with van der Waals surface area (Å²) in [5.74, 6) is -0.199. The van der Waals surface area contributed by atoms with Gasteiger partial charge in [0.15, 0.2) is 0 Å². The molecule has 2 aromatic carbocycles. The van der Waals surface area contributed by atoms with Crippen LogP contribution in [0.5, 0.6) is 0 Å². The molecule has 1 heterocycles. The smallest absolute Gasteiger partial charge is 0.243 e. The van der Waals surface area contributed by atoms with E-state index in [9.17, 15) is 12.8 Å². The molecule has 1 aliphatic heterocycles. The van der Waals surface area contributed by atoms with Gasteiger partial charge in [0.25, 0.3) is 0 Å². The highest BCUT2D eigenvalue weighted by Crippen LogP contribution is 2.18. The topological polar surface area (TPSA) is 41.8 Å². The van der Waals surface area contributed by atoms with E-state index in [1.165, 1.54) is 15.3 Å². The number of quaternary nitrogens is 1. The van der Waals surface area contributed by atoms with Crippen LogP contribution >= 0.6 is 15.9 Å². The van der Waals surface area contributed by atoms with E-state index in [-0.39, 0.29) is 5.82 Å². The number of nitrogens with zero attached hydrogens (tertiary/aromatic N) is 1. The fraction of sp³-hybridized carbons (Fsp3) is 0.294. The van der Waals surface area contributed by atoms with Gasteiger partial charge in [0, 0.05) is 10.0 Å². The van der Waals surface area contributed by atoms with Crippen molar-refractivity contribution in [2.24, 2.45) is 0 Å². The van der Waals surface area contributed by atoms with E-state index in [4.69, 9.17) is 0 Å². The highest BCUT2D eigenvalue weighted by molar-refractivity contribution is 9.10. The van der Waals surface area contributed by atoms with Gasteiger partial charge >= 0.3 is 0 Å². The molecule has 0 atom stereocenters. The van der Waals surface area contributed by atoms with Crippen LogP contribution in [0.1, 0.15) is 5.56 Å². The molecule has 1 saturated heterocycles. The lowest BCUT2D eigenvalue weighted by molar-refractivity contribution is -0.917. The lowest BCUT2D eigenvalue weighted by atomic mass is 10.2. The average Bonchev–Trinajstić information content (AvgIpc) is 2.58. The Morgan fingerprint density at radius 2 is 1.67 bits per heavy atom. The van der Waals surface area contributed by atoms with Gasteiger partial charge in [-0.1, -0.05) is 34.1 Å². The lowest BCUT2D eigenvalue weighted by Gasteiger charge is -2.31. The van der Waals surface area contributed by atoms with E-state index >= 15 is 0 Å². The van der Waals surface area contributed by atoms with E-state index in [1.807, 2.05) is 6.07 Å². The maximum atomic E-state index is 13.7. The van der Waals surface area contributed by atoms with Crippen molar-refractivity contribution in [1.82, 2.24) is 4.31 Å². The molecular formula is C17H19BrFN2O2S+. The molecule has 0 saturated carbocycles. The molecule has 0 radical (unpaired) electrons. The molecule has 2 aromatic rings. The molecule has 0 aliphatic carbocycles. The molecular weight excluding hydrogens is 395 g/mol. The summed E-state index contributed by atoms with van der Waals surface area (Å²) < 4.78 is 41.4. The number of benzene rings is 2. The minimum absolute atomic E-state index is 0.199. The van der Waals surface area contributed by atoms with E-state index in [0.29, 0.717) is 43.2 Å². The highest BCUT2D eigenvalue weighted by Gasteiger charge is 2.30. The number of rotatable bonds is 4. The summed E-state index contributed by atoms with van der Waals surface area (Å²) in [6.45, 7) is 2.82. The second kappa shape index (κ2) is 7.31. The number of hydrogen-bond donors (Lipinski definition) is 1. The van der Waals surface area contributed by atoms with Crippen LogP contribution in [0.25, 0.3) is 0 Å². The zero-order valence-corrected chi connectivity index (χ0v) is 15.5. The average molecular weight is 414 g/mol. The van der Waals surface area contributed by atoms with Gasteiger partial charge in [-0.3, -0.25) is 0 Å². The predicted molar refractivity (Wildman–Crippen MR) is 93.7 cm³/mol. The molecule has 1 N–H and O–H groups in total. The van der Waals surface area contributed by atoms with Crippen LogP contribution in [0.15, 0.2) is 57.9 Å². The summed E-state index contributed by atoms with van der Waals surface area (Å²) in [6.07, 6.45) is 0. The summed E-state index contributed by atoms with van der Waals surface area (Å²) in [5.41, 5.74) is 0.678. The summed E-state index contributed by atoms with van der Waals surface area (Å²) in [5, 5.41) is 0. The van der Waals surface area contributed by atoms with Gasteiger partial charge in [-0.25, -0.2) is 12.8 Å². The van der Waals surface area contributed by atoms with Crippen LogP contribution in [0.2, 0.25) is 0 Å². The van der Waals surface area contributed by atoms with Crippen molar-refractivity contribution in [2.45, 2.75) is 11.4 Å². The minimum atomic E-state index is -3.46. The molecule has 1 aliphatic rings. The Balaban J connectivity index is 1.64. The van der Waals surface area contributed by atoms with Crippen molar-refractivity contribution in [3.8, 4) is 0 Å². The first kappa shape index (κ1) is 17.5. The Morgan fingerprint density at radius 1 is 1.04 bits per heavy atom. The third-order valence-corrected chi connectivity index (χ3v) is 6.72. The van der Waals surface area contributed by atoms with Crippen LogP contribution in [0.4, 0.5) is 4.39 Å². The number of sulfonamides is 1. The first-order valence-electron chi connectivity index (χ1n) is 7.79. The molecule has 128 valence electrons. The largest absolute Gasteiger partial charge is 0.329 e. The summed E-state index contributed by atoms with van der Waals surface area (Å²) >= 11 is 3.31. The maximum Gasteiger partial charge on any atom is 0.243 e. The van der Waals surface area contributed by atoms with E-state index in [0.717, 1.165) is 4.47 Å². The highest BCUT2D eigenvalue weighted by atomic mass is 79.9. The molecule has 0 bridgehead atoms. The van der Waals surface area contributed by atoms with Crippen molar-refractivity contribution >= 4 is 26.0 Å². The monoisotopic (exact) mass is 413 g/mol. The number of hydrogen-bond acceptors (Lipinski definition) is 2. The minimum Gasteiger partial charge on any atom is -0.329 e. The molecule has 0 spiro atoms.